The van der Waals surface area contributed by atoms with E-state index in [-0.39, 0.29) is 43.8 Å². The predicted octanol–water partition coefficient (Wildman–Crippen LogP) is 2.00. The minimum Gasteiger partial charge on any atom is -0.468 e. The van der Waals surface area contributed by atoms with Crippen LogP contribution in [0.5, 0.6) is 0 Å². The van der Waals surface area contributed by atoms with Crippen LogP contribution in [0.4, 0.5) is 0 Å². The Morgan fingerprint density at radius 2 is 2.00 bits per heavy atom. The van der Waals surface area contributed by atoms with E-state index in [0.717, 1.165) is 12.0 Å². The van der Waals surface area contributed by atoms with E-state index >= 15 is 0 Å². The number of carbonyl (C=O) groups excluding carboxylic acids is 3. The molecule has 25 heavy (non-hydrogen) atoms. The van der Waals surface area contributed by atoms with Crippen LogP contribution in [0.3, 0.4) is 0 Å². The molecule has 0 radical (unpaired) electrons. The van der Waals surface area contributed by atoms with Crippen molar-refractivity contribution >= 4 is 29.4 Å². The second kappa shape index (κ2) is 8.85. The Kier molecular flexibility index (Phi) is 6.82. The number of methoxy groups -OCH3 is 1. The highest BCUT2D eigenvalue weighted by molar-refractivity contribution is 6.31. The molecular weight excluding hydrogens is 344 g/mol. The number of halogens is 1. The summed E-state index contributed by atoms with van der Waals surface area (Å²) in [7, 11) is 1.28. The van der Waals surface area contributed by atoms with Gasteiger partial charge in [-0.05, 0) is 24.0 Å². The SMILES string of the molecule is COC(=O)CN(Cc1ccccc1Cl)C(=O)CCNC(=O)[C@H]1C[C@H]1C. The number of hydrogen-bond donors (Lipinski definition) is 1. The zero-order chi connectivity index (χ0) is 18.4. The van der Waals surface area contributed by atoms with Crippen molar-refractivity contribution < 1.29 is 19.1 Å². The summed E-state index contributed by atoms with van der Waals surface area (Å²) in [5.74, 6) is -0.257. The van der Waals surface area contributed by atoms with Gasteiger partial charge in [0, 0.05) is 30.5 Å². The first-order valence-electron chi connectivity index (χ1n) is 8.28. The molecule has 2 atom stereocenters. The monoisotopic (exact) mass is 366 g/mol. The zero-order valence-electron chi connectivity index (χ0n) is 14.5. The first kappa shape index (κ1) is 19.2. The number of carbonyl (C=O) groups is 3. The summed E-state index contributed by atoms with van der Waals surface area (Å²) in [6.45, 7) is 2.33. The number of nitrogens with one attached hydrogen (secondary N) is 1. The largest absolute Gasteiger partial charge is 0.468 e. The Bertz CT molecular complexity index is 650. The maximum absolute atomic E-state index is 12.5. The van der Waals surface area contributed by atoms with Crippen molar-refractivity contribution in [3.63, 3.8) is 0 Å². The highest BCUT2D eigenvalue weighted by Gasteiger charge is 2.38. The van der Waals surface area contributed by atoms with E-state index in [1.807, 2.05) is 13.0 Å². The van der Waals surface area contributed by atoms with Crippen molar-refractivity contribution in [3.8, 4) is 0 Å². The van der Waals surface area contributed by atoms with Gasteiger partial charge in [0.2, 0.25) is 11.8 Å². The quantitative estimate of drug-likeness (QED) is 0.714. The summed E-state index contributed by atoms with van der Waals surface area (Å²) in [6, 6.07) is 7.15. The third-order valence-corrected chi connectivity index (χ3v) is 4.67. The third kappa shape index (κ3) is 5.74. The molecule has 0 spiro atoms. The van der Waals surface area contributed by atoms with Crippen molar-refractivity contribution in [3.05, 3.63) is 34.9 Å². The lowest BCUT2D eigenvalue weighted by molar-refractivity contribution is -0.147. The summed E-state index contributed by atoms with van der Waals surface area (Å²) >= 11 is 6.13. The topological polar surface area (TPSA) is 75.7 Å². The van der Waals surface area contributed by atoms with Gasteiger partial charge >= 0.3 is 5.97 Å². The van der Waals surface area contributed by atoms with Crippen LogP contribution >= 0.6 is 11.6 Å². The van der Waals surface area contributed by atoms with Crippen molar-refractivity contribution in [2.75, 3.05) is 20.2 Å². The molecule has 7 heteroatoms. The maximum Gasteiger partial charge on any atom is 0.325 e. The van der Waals surface area contributed by atoms with Crippen molar-refractivity contribution in [1.29, 1.82) is 0 Å². The molecule has 0 unspecified atom stereocenters. The number of hydrogen-bond acceptors (Lipinski definition) is 4. The number of esters is 1. The number of ether oxygens (including phenoxy) is 1. The van der Waals surface area contributed by atoms with Crippen molar-refractivity contribution in [2.45, 2.75) is 26.3 Å². The number of benzene rings is 1. The average Bonchev–Trinajstić information content (AvgIpc) is 3.32. The highest BCUT2D eigenvalue weighted by atomic mass is 35.5. The molecule has 0 bridgehead atoms. The molecule has 1 fully saturated rings. The van der Waals surface area contributed by atoms with Crippen LogP contribution in [-0.2, 0) is 25.7 Å². The van der Waals surface area contributed by atoms with Crippen LogP contribution < -0.4 is 5.32 Å². The fourth-order valence-corrected chi connectivity index (χ4v) is 2.75. The Morgan fingerprint density at radius 3 is 2.60 bits per heavy atom. The number of nitrogens with zero attached hydrogens (tertiary/aromatic N) is 1. The standard InChI is InChI=1S/C18H23ClN2O4/c1-12-9-14(12)18(24)20-8-7-16(22)21(11-17(23)25-2)10-13-5-3-4-6-15(13)19/h3-6,12,14H,7-11H2,1-2H3,(H,20,24)/t12-,14+/m1/s1. The van der Waals surface area contributed by atoms with E-state index < -0.39 is 5.97 Å². The zero-order valence-corrected chi connectivity index (χ0v) is 15.2. The van der Waals surface area contributed by atoms with Crippen LogP contribution in [-0.4, -0.2) is 42.9 Å². The molecule has 1 saturated carbocycles. The van der Waals surface area contributed by atoms with Crippen LogP contribution in [0.15, 0.2) is 24.3 Å². The van der Waals surface area contributed by atoms with Gasteiger partial charge in [-0.2, -0.15) is 0 Å². The van der Waals surface area contributed by atoms with Gasteiger partial charge in [0.05, 0.1) is 7.11 Å². The average molecular weight is 367 g/mol. The minimum absolute atomic E-state index is 0.00841. The van der Waals surface area contributed by atoms with Crippen molar-refractivity contribution in [1.82, 2.24) is 10.2 Å². The van der Waals surface area contributed by atoms with Gasteiger partial charge in [-0.15, -0.1) is 0 Å². The normalized spacial score (nSPS) is 18.4. The van der Waals surface area contributed by atoms with E-state index in [4.69, 9.17) is 11.6 Å². The number of rotatable bonds is 8. The molecule has 6 nitrogen and oxygen atoms in total. The van der Waals surface area contributed by atoms with E-state index in [2.05, 4.69) is 10.1 Å². The third-order valence-electron chi connectivity index (χ3n) is 4.30. The van der Waals surface area contributed by atoms with Crippen molar-refractivity contribution in [2.24, 2.45) is 11.8 Å². The molecule has 1 aliphatic rings. The molecule has 0 heterocycles. The predicted molar refractivity (Wildman–Crippen MR) is 93.8 cm³/mol. The first-order chi connectivity index (χ1) is 11.9. The Morgan fingerprint density at radius 1 is 1.32 bits per heavy atom. The van der Waals surface area contributed by atoms with Gasteiger partial charge in [-0.1, -0.05) is 36.7 Å². The van der Waals surface area contributed by atoms with E-state index in [0.29, 0.717) is 10.9 Å². The van der Waals surface area contributed by atoms with E-state index in [1.165, 1.54) is 12.0 Å². The molecule has 2 rings (SSSR count). The second-order valence-corrected chi connectivity index (χ2v) is 6.69. The molecule has 1 aromatic carbocycles. The van der Waals surface area contributed by atoms with Gasteiger partial charge in [0.1, 0.15) is 6.54 Å². The van der Waals surface area contributed by atoms with Crippen LogP contribution in [0.25, 0.3) is 0 Å². The molecule has 1 aromatic rings. The highest BCUT2D eigenvalue weighted by Crippen LogP contribution is 2.37. The lowest BCUT2D eigenvalue weighted by Crippen LogP contribution is -2.38. The van der Waals surface area contributed by atoms with Crippen LogP contribution in [0.2, 0.25) is 5.02 Å². The minimum atomic E-state index is -0.503. The Hall–Kier alpha value is -2.08. The molecule has 0 saturated heterocycles. The molecule has 1 N–H and O–H groups in total. The fourth-order valence-electron chi connectivity index (χ4n) is 2.55. The van der Waals surface area contributed by atoms with Gasteiger partial charge < -0.3 is 15.0 Å². The van der Waals surface area contributed by atoms with Gasteiger partial charge in [-0.3, -0.25) is 14.4 Å². The smallest absolute Gasteiger partial charge is 0.325 e. The van der Waals surface area contributed by atoms with Crippen LogP contribution in [0, 0.1) is 11.8 Å². The lowest BCUT2D eigenvalue weighted by atomic mass is 10.2. The molecular formula is C18H23ClN2O4. The fraction of sp³-hybridized carbons (Fsp3) is 0.500. The van der Waals surface area contributed by atoms with Gasteiger partial charge in [0.25, 0.3) is 0 Å². The number of amides is 2. The maximum atomic E-state index is 12.5. The lowest BCUT2D eigenvalue weighted by Gasteiger charge is -2.22. The van der Waals surface area contributed by atoms with E-state index in [9.17, 15) is 14.4 Å². The Labute approximate surface area is 152 Å². The van der Waals surface area contributed by atoms with Gasteiger partial charge in [0.15, 0.2) is 0 Å². The van der Waals surface area contributed by atoms with E-state index in [1.54, 1.807) is 18.2 Å². The van der Waals surface area contributed by atoms with Crippen LogP contribution in [0.1, 0.15) is 25.3 Å². The Balaban J connectivity index is 1.91. The first-order valence-corrected chi connectivity index (χ1v) is 8.66. The molecule has 0 aromatic heterocycles. The molecule has 0 aliphatic heterocycles. The summed E-state index contributed by atoms with van der Waals surface area (Å²) < 4.78 is 4.66. The molecule has 1 aliphatic carbocycles. The summed E-state index contributed by atoms with van der Waals surface area (Å²) in [5, 5.41) is 3.30. The van der Waals surface area contributed by atoms with Gasteiger partial charge in [-0.25, -0.2) is 0 Å². The molecule has 136 valence electrons. The summed E-state index contributed by atoms with van der Waals surface area (Å²) in [5.41, 5.74) is 0.747. The molecule has 2 amide bonds. The second-order valence-electron chi connectivity index (χ2n) is 6.28. The summed E-state index contributed by atoms with van der Waals surface area (Å²) in [4.78, 5) is 37.3. The summed E-state index contributed by atoms with van der Waals surface area (Å²) in [6.07, 6.45) is 1.02.